The Bertz CT molecular complexity index is 501. The molecule has 1 aromatic rings. The lowest BCUT2D eigenvalue weighted by Crippen LogP contribution is -2.53. The van der Waals surface area contributed by atoms with Crippen LogP contribution in [0.4, 0.5) is 0 Å². The summed E-state index contributed by atoms with van der Waals surface area (Å²) >= 11 is 0. The molecule has 1 aliphatic carbocycles. The van der Waals surface area contributed by atoms with Gasteiger partial charge in [0.05, 0.1) is 5.92 Å². The van der Waals surface area contributed by atoms with Crippen molar-refractivity contribution < 1.29 is 9.90 Å². The van der Waals surface area contributed by atoms with Crippen molar-refractivity contribution in [1.82, 2.24) is 10.2 Å². The van der Waals surface area contributed by atoms with E-state index in [1.54, 1.807) is 0 Å². The molecule has 1 aromatic carbocycles. The van der Waals surface area contributed by atoms with E-state index < -0.39 is 5.97 Å². The lowest BCUT2D eigenvalue weighted by molar-refractivity contribution is -0.144. The summed E-state index contributed by atoms with van der Waals surface area (Å²) in [6.07, 6.45) is 3.34. The van der Waals surface area contributed by atoms with Gasteiger partial charge in [-0.3, -0.25) is 9.69 Å². The molecule has 1 aliphatic heterocycles. The van der Waals surface area contributed by atoms with Crippen LogP contribution in [0.3, 0.4) is 0 Å². The van der Waals surface area contributed by atoms with E-state index in [0.29, 0.717) is 12.6 Å². The van der Waals surface area contributed by atoms with Gasteiger partial charge in [-0.2, -0.15) is 0 Å². The van der Waals surface area contributed by atoms with Crippen LogP contribution in [-0.4, -0.2) is 41.1 Å². The van der Waals surface area contributed by atoms with E-state index >= 15 is 0 Å². The van der Waals surface area contributed by atoms with E-state index in [2.05, 4.69) is 29.3 Å². The van der Waals surface area contributed by atoms with Crippen LogP contribution in [0.25, 0.3) is 0 Å². The number of nitrogens with one attached hydrogen (secondary N) is 1. The van der Waals surface area contributed by atoms with E-state index in [-0.39, 0.29) is 12.0 Å². The van der Waals surface area contributed by atoms with Crippen molar-refractivity contribution in [3.8, 4) is 0 Å². The summed E-state index contributed by atoms with van der Waals surface area (Å²) in [5, 5.41) is 13.0. The molecule has 1 saturated carbocycles. The Morgan fingerprint density at radius 1 is 1.32 bits per heavy atom. The van der Waals surface area contributed by atoms with E-state index in [1.807, 2.05) is 18.2 Å². The number of carboxylic acid groups (broad SMARTS) is 1. The zero-order valence-corrected chi connectivity index (χ0v) is 13.2. The molecule has 4 heteroatoms. The van der Waals surface area contributed by atoms with Gasteiger partial charge in [0.2, 0.25) is 0 Å². The molecule has 3 rings (SSSR count). The fourth-order valence-corrected chi connectivity index (χ4v) is 3.53. The first kappa shape index (κ1) is 15.5. The van der Waals surface area contributed by atoms with Crippen molar-refractivity contribution in [3.63, 3.8) is 0 Å². The molecule has 2 N–H and O–H groups in total. The zero-order chi connectivity index (χ0) is 15.5. The number of rotatable bonds is 6. The highest BCUT2D eigenvalue weighted by Gasteiger charge is 2.38. The van der Waals surface area contributed by atoms with Crippen LogP contribution in [0.1, 0.15) is 31.7 Å². The van der Waals surface area contributed by atoms with Crippen LogP contribution < -0.4 is 5.32 Å². The summed E-state index contributed by atoms with van der Waals surface area (Å²) in [5.74, 6) is -0.121. The maximum absolute atomic E-state index is 11.5. The largest absolute Gasteiger partial charge is 0.481 e. The van der Waals surface area contributed by atoms with Crippen molar-refractivity contribution in [3.05, 3.63) is 35.9 Å². The van der Waals surface area contributed by atoms with E-state index in [9.17, 15) is 9.90 Å². The summed E-state index contributed by atoms with van der Waals surface area (Å²) in [4.78, 5) is 13.9. The van der Waals surface area contributed by atoms with Crippen LogP contribution in [0.2, 0.25) is 0 Å². The van der Waals surface area contributed by atoms with Crippen LogP contribution in [0.5, 0.6) is 0 Å². The number of benzene rings is 1. The third kappa shape index (κ3) is 3.87. The molecule has 2 aliphatic rings. The first-order chi connectivity index (χ1) is 10.6. The molecule has 0 amide bonds. The van der Waals surface area contributed by atoms with E-state index in [4.69, 9.17) is 0 Å². The molecule has 0 bridgehead atoms. The fraction of sp³-hybridized carbons (Fsp3) is 0.611. The van der Waals surface area contributed by atoms with Gasteiger partial charge in [-0.15, -0.1) is 0 Å². The summed E-state index contributed by atoms with van der Waals surface area (Å²) in [5.41, 5.74) is 1.25. The third-order valence-corrected chi connectivity index (χ3v) is 5.15. The van der Waals surface area contributed by atoms with Crippen LogP contribution in [-0.2, 0) is 11.3 Å². The molecule has 3 unspecified atom stereocenters. The molecule has 4 nitrogen and oxygen atoms in total. The maximum Gasteiger partial charge on any atom is 0.307 e. The number of hydrogen-bond donors (Lipinski definition) is 2. The Balaban J connectivity index is 1.60. The Morgan fingerprint density at radius 3 is 2.68 bits per heavy atom. The number of carbonyl (C=O) groups is 1. The molecule has 2 fully saturated rings. The standard InChI is InChI=1S/C18H26N2O2/c1-13(15-7-8-15)20-11-16(18(21)22)9-17(12-20)19-10-14-5-3-2-4-6-14/h2-6,13,15-17,19H,7-12H2,1H3,(H,21,22). The molecule has 22 heavy (non-hydrogen) atoms. The first-order valence-electron chi connectivity index (χ1n) is 8.37. The minimum Gasteiger partial charge on any atom is -0.481 e. The number of aliphatic carboxylic acids is 1. The van der Waals surface area contributed by atoms with Crippen molar-refractivity contribution in [2.45, 2.75) is 44.8 Å². The van der Waals surface area contributed by atoms with Crippen molar-refractivity contribution >= 4 is 5.97 Å². The second kappa shape index (κ2) is 6.80. The lowest BCUT2D eigenvalue weighted by Gasteiger charge is -2.40. The minimum absolute atomic E-state index is 0.247. The Labute approximate surface area is 132 Å². The summed E-state index contributed by atoms with van der Waals surface area (Å²) in [6.45, 7) is 4.74. The SMILES string of the molecule is CC(C1CC1)N1CC(NCc2ccccc2)CC(C(=O)O)C1. The quantitative estimate of drug-likeness (QED) is 0.847. The molecule has 0 radical (unpaired) electrons. The summed E-state index contributed by atoms with van der Waals surface area (Å²) in [6, 6.07) is 11.1. The van der Waals surface area contributed by atoms with Crippen molar-refractivity contribution in [2.75, 3.05) is 13.1 Å². The van der Waals surface area contributed by atoms with Gasteiger partial charge < -0.3 is 10.4 Å². The normalized spacial score (nSPS) is 27.5. The molecule has 0 spiro atoms. The van der Waals surface area contributed by atoms with Gasteiger partial charge in [0.25, 0.3) is 0 Å². The third-order valence-electron chi connectivity index (χ3n) is 5.15. The number of hydrogen-bond acceptors (Lipinski definition) is 3. The summed E-state index contributed by atoms with van der Waals surface area (Å²) in [7, 11) is 0. The Kier molecular flexibility index (Phi) is 4.79. The molecular formula is C18H26N2O2. The molecule has 3 atom stereocenters. The van der Waals surface area contributed by atoms with Crippen molar-refractivity contribution in [2.24, 2.45) is 11.8 Å². The molecule has 0 aromatic heterocycles. The number of likely N-dealkylation sites (tertiary alicyclic amines) is 1. The fourth-order valence-electron chi connectivity index (χ4n) is 3.53. The maximum atomic E-state index is 11.5. The topological polar surface area (TPSA) is 52.6 Å². The predicted octanol–water partition coefficient (Wildman–Crippen LogP) is 2.35. The second-order valence-corrected chi connectivity index (χ2v) is 6.87. The number of carboxylic acids is 1. The molecule has 1 saturated heterocycles. The monoisotopic (exact) mass is 302 g/mol. The van der Waals surface area contributed by atoms with Crippen LogP contribution in [0.15, 0.2) is 30.3 Å². The van der Waals surface area contributed by atoms with Gasteiger partial charge in [0.15, 0.2) is 0 Å². The number of nitrogens with zero attached hydrogens (tertiary/aromatic N) is 1. The molecule has 120 valence electrons. The minimum atomic E-state index is -0.654. The van der Waals surface area contributed by atoms with Gasteiger partial charge >= 0.3 is 5.97 Å². The van der Waals surface area contributed by atoms with Crippen LogP contribution >= 0.6 is 0 Å². The highest BCUT2D eigenvalue weighted by molar-refractivity contribution is 5.70. The highest BCUT2D eigenvalue weighted by atomic mass is 16.4. The molecular weight excluding hydrogens is 276 g/mol. The lowest BCUT2D eigenvalue weighted by atomic mass is 9.92. The Hall–Kier alpha value is -1.39. The van der Waals surface area contributed by atoms with Gasteiger partial charge in [-0.25, -0.2) is 0 Å². The predicted molar refractivity (Wildman–Crippen MR) is 86.6 cm³/mol. The van der Waals surface area contributed by atoms with Crippen molar-refractivity contribution in [1.29, 1.82) is 0 Å². The zero-order valence-electron chi connectivity index (χ0n) is 13.2. The summed E-state index contributed by atoms with van der Waals surface area (Å²) < 4.78 is 0. The average molecular weight is 302 g/mol. The average Bonchev–Trinajstić information content (AvgIpc) is 3.38. The smallest absolute Gasteiger partial charge is 0.307 e. The highest BCUT2D eigenvalue weighted by Crippen LogP contribution is 2.36. The second-order valence-electron chi connectivity index (χ2n) is 6.87. The van der Waals surface area contributed by atoms with E-state index in [0.717, 1.165) is 25.4 Å². The van der Waals surface area contributed by atoms with Crippen LogP contribution in [0, 0.1) is 11.8 Å². The van der Waals surface area contributed by atoms with Gasteiger partial charge in [-0.05, 0) is 37.7 Å². The first-order valence-corrected chi connectivity index (χ1v) is 8.37. The number of piperidine rings is 1. The van der Waals surface area contributed by atoms with Gasteiger partial charge in [0.1, 0.15) is 0 Å². The molecule has 1 heterocycles. The van der Waals surface area contributed by atoms with Gasteiger partial charge in [-0.1, -0.05) is 30.3 Å². The van der Waals surface area contributed by atoms with E-state index in [1.165, 1.54) is 18.4 Å². The Morgan fingerprint density at radius 2 is 2.05 bits per heavy atom. The van der Waals surface area contributed by atoms with Gasteiger partial charge in [0, 0.05) is 31.7 Å².